The first-order valence-electron chi connectivity index (χ1n) is 5.01. The molecule has 0 radical (unpaired) electrons. The molecule has 0 bridgehead atoms. The summed E-state index contributed by atoms with van der Waals surface area (Å²) in [5, 5.41) is 0. The molecule has 0 aromatic carbocycles. The molecule has 4 N–H and O–H groups in total. The van der Waals surface area contributed by atoms with Gasteiger partial charge in [0.15, 0.2) is 0 Å². The summed E-state index contributed by atoms with van der Waals surface area (Å²) < 4.78 is 38.2. The maximum absolute atomic E-state index is 12.7. The van der Waals surface area contributed by atoms with E-state index in [4.69, 9.17) is 11.5 Å². The molecule has 4 nitrogen and oxygen atoms in total. The van der Waals surface area contributed by atoms with E-state index in [1.807, 2.05) is 0 Å². The van der Waals surface area contributed by atoms with Gasteiger partial charge in [0.05, 0.1) is 6.54 Å². The van der Waals surface area contributed by atoms with Crippen molar-refractivity contribution < 1.29 is 18.0 Å². The lowest BCUT2D eigenvalue weighted by molar-refractivity contribution is -0.189. The number of rotatable bonds is 6. The van der Waals surface area contributed by atoms with Gasteiger partial charge in [-0.3, -0.25) is 9.69 Å². The summed E-state index contributed by atoms with van der Waals surface area (Å²) in [6.45, 7) is 2.66. The Kier molecular flexibility index (Phi) is 5.74. The molecule has 0 aliphatic rings. The fraction of sp³-hybridized carbons (Fsp3) is 0.889. The van der Waals surface area contributed by atoms with Crippen LogP contribution in [0.4, 0.5) is 13.2 Å². The summed E-state index contributed by atoms with van der Waals surface area (Å²) >= 11 is 0. The largest absolute Gasteiger partial charge is 0.404 e. The fourth-order valence-corrected chi connectivity index (χ4v) is 1.51. The van der Waals surface area contributed by atoms with Crippen molar-refractivity contribution in [2.45, 2.75) is 38.5 Å². The third kappa shape index (κ3) is 4.80. The first-order valence-corrected chi connectivity index (χ1v) is 5.01. The second-order valence-corrected chi connectivity index (χ2v) is 3.87. The van der Waals surface area contributed by atoms with Gasteiger partial charge in [-0.15, -0.1) is 0 Å². The van der Waals surface area contributed by atoms with Gasteiger partial charge in [0, 0.05) is 6.04 Å². The summed E-state index contributed by atoms with van der Waals surface area (Å²) in [5.74, 6) is -0.778. The van der Waals surface area contributed by atoms with E-state index in [0.29, 0.717) is 0 Å². The Hall–Kier alpha value is -0.820. The molecule has 0 aliphatic heterocycles. The zero-order chi connectivity index (χ0) is 12.9. The number of amides is 1. The Morgan fingerprint density at radius 2 is 1.88 bits per heavy atom. The van der Waals surface area contributed by atoms with Crippen molar-refractivity contribution in [3.05, 3.63) is 0 Å². The molecule has 96 valence electrons. The minimum absolute atomic E-state index is 0.0911. The van der Waals surface area contributed by atoms with Crippen LogP contribution in [0.25, 0.3) is 0 Å². The Labute approximate surface area is 92.8 Å². The molecule has 1 amide bonds. The van der Waals surface area contributed by atoms with Crippen LogP contribution in [0.15, 0.2) is 0 Å². The number of primary amides is 1. The average molecular weight is 241 g/mol. The zero-order valence-electron chi connectivity index (χ0n) is 9.42. The van der Waals surface area contributed by atoms with Crippen LogP contribution >= 0.6 is 0 Å². The smallest absolute Gasteiger partial charge is 0.369 e. The summed E-state index contributed by atoms with van der Waals surface area (Å²) in [5.41, 5.74) is 10.1. The summed E-state index contributed by atoms with van der Waals surface area (Å²) in [4.78, 5) is 11.8. The minimum atomic E-state index is -4.40. The van der Waals surface area contributed by atoms with Crippen LogP contribution in [0.3, 0.4) is 0 Å². The summed E-state index contributed by atoms with van der Waals surface area (Å²) in [7, 11) is 0. The number of hydrogen-bond acceptors (Lipinski definition) is 3. The van der Waals surface area contributed by atoms with Crippen LogP contribution in [-0.2, 0) is 4.79 Å². The highest BCUT2D eigenvalue weighted by Crippen LogP contribution is 2.28. The normalized spacial score (nSPS) is 14.5. The van der Waals surface area contributed by atoms with E-state index in [-0.39, 0.29) is 13.0 Å². The fourth-order valence-electron chi connectivity index (χ4n) is 1.51. The van der Waals surface area contributed by atoms with Gasteiger partial charge in [0.1, 0.15) is 6.04 Å². The molecule has 0 rings (SSSR count). The maximum atomic E-state index is 12.7. The van der Waals surface area contributed by atoms with Crippen molar-refractivity contribution in [3.8, 4) is 0 Å². The molecular weight excluding hydrogens is 223 g/mol. The lowest BCUT2D eigenvalue weighted by Crippen LogP contribution is -2.52. The quantitative estimate of drug-likeness (QED) is 0.709. The second-order valence-electron chi connectivity index (χ2n) is 3.87. The zero-order valence-corrected chi connectivity index (χ0v) is 9.42. The van der Waals surface area contributed by atoms with Gasteiger partial charge in [-0.2, -0.15) is 13.2 Å². The van der Waals surface area contributed by atoms with Gasteiger partial charge < -0.3 is 11.5 Å². The second kappa shape index (κ2) is 6.05. The molecule has 0 aromatic rings. The Balaban J connectivity index is 4.87. The van der Waals surface area contributed by atoms with Gasteiger partial charge in [0.2, 0.25) is 5.91 Å². The Morgan fingerprint density at radius 1 is 1.38 bits per heavy atom. The molecule has 0 aliphatic carbocycles. The van der Waals surface area contributed by atoms with E-state index in [0.717, 1.165) is 4.90 Å². The van der Waals surface area contributed by atoms with Crippen molar-refractivity contribution in [3.63, 3.8) is 0 Å². The number of alkyl halides is 3. The molecule has 16 heavy (non-hydrogen) atoms. The van der Waals surface area contributed by atoms with Crippen LogP contribution in [0.1, 0.15) is 20.3 Å². The molecule has 0 fully saturated rings. The first kappa shape index (κ1) is 15.2. The van der Waals surface area contributed by atoms with Gasteiger partial charge in [-0.1, -0.05) is 0 Å². The third-order valence-corrected chi connectivity index (χ3v) is 2.22. The lowest BCUT2D eigenvalue weighted by Gasteiger charge is -2.34. The molecule has 0 saturated heterocycles. The molecule has 0 saturated carbocycles. The average Bonchev–Trinajstić information content (AvgIpc) is 2.08. The number of carbonyl (C=O) groups is 1. The highest BCUT2D eigenvalue weighted by atomic mass is 19.4. The summed E-state index contributed by atoms with van der Waals surface area (Å²) in [6, 6.07) is -2.14. The molecule has 7 heteroatoms. The topological polar surface area (TPSA) is 72.3 Å². The molecule has 1 unspecified atom stereocenters. The standard InChI is InChI=1S/C9H18F3N3O/c1-6(2)15(5-8(14)16)7(3-4-13)9(10,11)12/h6-7H,3-5,13H2,1-2H3,(H2,14,16). The van der Waals surface area contributed by atoms with Crippen LogP contribution in [-0.4, -0.2) is 42.2 Å². The van der Waals surface area contributed by atoms with Crippen molar-refractivity contribution in [1.82, 2.24) is 4.90 Å². The van der Waals surface area contributed by atoms with Crippen LogP contribution in [0.2, 0.25) is 0 Å². The molecule has 0 heterocycles. The monoisotopic (exact) mass is 241 g/mol. The molecule has 0 aromatic heterocycles. The lowest BCUT2D eigenvalue weighted by atomic mass is 10.1. The van der Waals surface area contributed by atoms with E-state index in [1.54, 1.807) is 13.8 Å². The molecule has 0 spiro atoms. The van der Waals surface area contributed by atoms with E-state index >= 15 is 0 Å². The maximum Gasteiger partial charge on any atom is 0.404 e. The van der Waals surface area contributed by atoms with Gasteiger partial charge in [-0.05, 0) is 26.8 Å². The minimum Gasteiger partial charge on any atom is -0.369 e. The van der Waals surface area contributed by atoms with E-state index in [1.165, 1.54) is 0 Å². The van der Waals surface area contributed by atoms with E-state index < -0.39 is 30.7 Å². The molecular formula is C9H18F3N3O. The van der Waals surface area contributed by atoms with Crippen LogP contribution < -0.4 is 11.5 Å². The van der Waals surface area contributed by atoms with Crippen molar-refractivity contribution in [1.29, 1.82) is 0 Å². The number of hydrogen-bond donors (Lipinski definition) is 2. The number of carbonyl (C=O) groups excluding carboxylic acids is 1. The first-order chi connectivity index (χ1) is 7.20. The Morgan fingerprint density at radius 3 is 2.12 bits per heavy atom. The highest BCUT2D eigenvalue weighted by Gasteiger charge is 2.43. The van der Waals surface area contributed by atoms with Crippen molar-refractivity contribution in [2.24, 2.45) is 11.5 Å². The third-order valence-electron chi connectivity index (χ3n) is 2.22. The molecule has 1 atom stereocenters. The predicted octanol–water partition coefficient (Wildman–Crippen LogP) is 0.462. The van der Waals surface area contributed by atoms with Crippen LogP contribution in [0, 0.1) is 0 Å². The SMILES string of the molecule is CC(C)N(CC(N)=O)C(CCN)C(F)(F)F. The number of nitrogens with zero attached hydrogens (tertiary/aromatic N) is 1. The Bertz CT molecular complexity index is 231. The summed E-state index contributed by atoms with van der Waals surface area (Å²) in [6.07, 6.45) is -4.64. The highest BCUT2D eigenvalue weighted by molar-refractivity contribution is 5.76. The number of halogens is 3. The van der Waals surface area contributed by atoms with Crippen molar-refractivity contribution >= 4 is 5.91 Å². The van der Waals surface area contributed by atoms with Gasteiger partial charge in [-0.25, -0.2) is 0 Å². The van der Waals surface area contributed by atoms with Gasteiger partial charge >= 0.3 is 6.18 Å². The van der Waals surface area contributed by atoms with Gasteiger partial charge in [0.25, 0.3) is 0 Å². The van der Waals surface area contributed by atoms with E-state index in [2.05, 4.69) is 0 Å². The van der Waals surface area contributed by atoms with E-state index in [9.17, 15) is 18.0 Å². The van der Waals surface area contributed by atoms with Crippen LogP contribution in [0.5, 0.6) is 0 Å². The number of nitrogens with two attached hydrogens (primary N) is 2. The predicted molar refractivity (Wildman–Crippen MR) is 54.6 cm³/mol. The van der Waals surface area contributed by atoms with Crippen molar-refractivity contribution in [2.75, 3.05) is 13.1 Å².